The summed E-state index contributed by atoms with van der Waals surface area (Å²) in [6, 6.07) is 8.50. The van der Waals surface area contributed by atoms with Crippen LogP contribution in [0.3, 0.4) is 0 Å². The van der Waals surface area contributed by atoms with Crippen LogP contribution in [0.1, 0.15) is 49.4 Å². The van der Waals surface area contributed by atoms with Gasteiger partial charge in [0.25, 0.3) is 5.91 Å². The molecule has 0 radical (unpaired) electrons. The van der Waals surface area contributed by atoms with E-state index in [1.54, 1.807) is 30.3 Å². The molecule has 2 amide bonds. The number of hydrogen-bond donors (Lipinski definition) is 3. The van der Waals surface area contributed by atoms with Gasteiger partial charge in [0.15, 0.2) is 0 Å². The van der Waals surface area contributed by atoms with Crippen LogP contribution in [0.25, 0.3) is 0 Å². The Balaban J connectivity index is 2.33. The molecule has 120 valence electrons. The van der Waals surface area contributed by atoms with Crippen molar-refractivity contribution in [3.05, 3.63) is 35.9 Å². The SMILES string of the molecule is CCCC[C@H](CCC(=O)NNC(=O)c1ccccc1)C(=O)O. The monoisotopic (exact) mass is 306 g/mol. The first-order valence-corrected chi connectivity index (χ1v) is 7.41. The molecule has 3 N–H and O–H groups in total. The predicted octanol–water partition coefficient (Wildman–Crippen LogP) is 2.12. The molecule has 6 heteroatoms. The van der Waals surface area contributed by atoms with Crippen molar-refractivity contribution in [1.82, 2.24) is 10.9 Å². The van der Waals surface area contributed by atoms with Crippen LogP contribution >= 0.6 is 0 Å². The molecule has 0 unspecified atom stereocenters. The molecule has 0 saturated heterocycles. The van der Waals surface area contributed by atoms with Gasteiger partial charge in [-0.05, 0) is 25.0 Å². The number of benzene rings is 1. The summed E-state index contributed by atoms with van der Waals surface area (Å²) in [4.78, 5) is 34.4. The first-order chi connectivity index (χ1) is 10.5. The normalized spacial score (nSPS) is 11.5. The minimum absolute atomic E-state index is 0.0652. The van der Waals surface area contributed by atoms with Crippen molar-refractivity contribution in [2.45, 2.75) is 39.0 Å². The summed E-state index contributed by atoms with van der Waals surface area (Å²) in [6.45, 7) is 1.99. The van der Waals surface area contributed by atoms with E-state index in [1.165, 1.54) is 0 Å². The molecule has 0 bridgehead atoms. The second-order valence-corrected chi connectivity index (χ2v) is 5.08. The average molecular weight is 306 g/mol. The molecule has 0 aromatic heterocycles. The lowest BCUT2D eigenvalue weighted by molar-refractivity contribution is -0.142. The van der Waals surface area contributed by atoms with E-state index in [0.29, 0.717) is 12.0 Å². The first-order valence-electron chi connectivity index (χ1n) is 7.41. The maximum absolute atomic E-state index is 11.7. The van der Waals surface area contributed by atoms with Gasteiger partial charge in [0, 0.05) is 12.0 Å². The largest absolute Gasteiger partial charge is 0.481 e. The maximum Gasteiger partial charge on any atom is 0.306 e. The standard InChI is InChI=1S/C16H22N2O4/c1-2-3-7-13(16(21)22)10-11-14(19)17-18-15(20)12-8-5-4-6-9-12/h4-6,8-9,13H,2-3,7,10-11H2,1H3,(H,17,19)(H,18,20)(H,21,22)/t13-/m1/s1. The van der Waals surface area contributed by atoms with Crippen molar-refractivity contribution in [2.24, 2.45) is 5.92 Å². The number of nitrogens with one attached hydrogen (secondary N) is 2. The van der Waals surface area contributed by atoms with Crippen molar-refractivity contribution in [3.63, 3.8) is 0 Å². The number of carbonyl (C=O) groups is 3. The van der Waals surface area contributed by atoms with Crippen molar-refractivity contribution in [2.75, 3.05) is 0 Å². The molecular weight excluding hydrogens is 284 g/mol. The summed E-state index contributed by atoms with van der Waals surface area (Å²) in [6.07, 6.45) is 2.64. The fourth-order valence-corrected chi connectivity index (χ4v) is 2.00. The lowest BCUT2D eigenvalue weighted by atomic mass is 9.97. The molecule has 0 spiro atoms. The van der Waals surface area contributed by atoms with E-state index in [4.69, 9.17) is 5.11 Å². The highest BCUT2D eigenvalue weighted by Gasteiger charge is 2.18. The number of amides is 2. The Labute approximate surface area is 129 Å². The quantitative estimate of drug-likeness (QED) is 0.641. The third-order valence-corrected chi connectivity index (χ3v) is 3.33. The van der Waals surface area contributed by atoms with Crippen LogP contribution in [0.5, 0.6) is 0 Å². The van der Waals surface area contributed by atoms with Crippen molar-refractivity contribution in [1.29, 1.82) is 0 Å². The topological polar surface area (TPSA) is 95.5 Å². The molecule has 0 heterocycles. The molecule has 22 heavy (non-hydrogen) atoms. The Morgan fingerprint density at radius 1 is 1.09 bits per heavy atom. The van der Waals surface area contributed by atoms with Crippen LogP contribution in [-0.4, -0.2) is 22.9 Å². The number of carboxylic acids is 1. The van der Waals surface area contributed by atoms with Crippen molar-refractivity contribution >= 4 is 17.8 Å². The van der Waals surface area contributed by atoms with Gasteiger partial charge in [0.05, 0.1) is 5.92 Å². The van der Waals surface area contributed by atoms with Crippen LogP contribution in [0.4, 0.5) is 0 Å². The second kappa shape index (κ2) is 9.55. The van der Waals surface area contributed by atoms with Gasteiger partial charge in [-0.25, -0.2) is 0 Å². The first kappa shape index (κ1) is 17.7. The van der Waals surface area contributed by atoms with E-state index >= 15 is 0 Å². The van der Waals surface area contributed by atoms with E-state index in [-0.39, 0.29) is 12.8 Å². The summed E-state index contributed by atoms with van der Waals surface area (Å²) in [7, 11) is 0. The molecule has 1 rings (SSSR count). The number of carbonyl (C=O) groups excluding carboxylic acids is 2. The number of unbranched alkanes of at least 4 members (excludes halogenated alkanes) is 1. The minimum atomic E-state index is -0.880. The average Bonchev–Trinajstić information content (AvgIpc) is 2.53. The van der Waals surface area contributed by atoms with Gasteiger partial charge >= 0.3 is 5.97 Å². The molecular formula is C16H22N2O4. The maximum atomic E-state index is 11.7. The molecule has 0 aliphatic rings. The summed E-state index contributed by atoms with van der Waals surface area (Å²) < 4.78 is 0. The Kier molecular flexibility index (Phi) is 7.67. The van der Waals surface area contributed by atoms with Gasteiger partial charge in [-0.15, -0.1) is 0 Å². The summed E-state index contributed by atoms with van der Waals surface area (Å²) in [5.41, 5.74) is 5.05. The third kappa shape index (κ3) is 6.39. The fourth-order valence-electron chi connectivity index (χ4n) is 2.00. The van der Waals surface area contributed by atoms with Gasteiger partial charge < -0.3 is 5.11 Å². The minimum Gasteiger partial charge on any atom is -0.481 e. The van der Waals surface area contributed by atoms with Crippen LogP contribution in [-0.2, 0) is 9.59 Å². The zero-order valence-corrected chi connectivity index (χ0v) is 12.7. The number of carboxylic acid groups (broad SMARTS) is 1. The number of aliphatic carboxylic acids is 1. The van der Waals surface area contributed by atoms with Crippen LogP contribution in [0, 0.1) is 5.92 Å². The summed E-state index contributed by atoms with van der Waals surface area (Å²) in [5.74, 6) is -2.20. The van der Waals surface area contributed by atoms with E-state index in [2.05, 4.69) is 10.9 Å². The second-order valence-electron chi connectivity index (χ2n) is 5.08. The van der Waals surface area contributed by atoms with Crippen LogP contribution in [0.15, 0.2) is 30.3 Å². The molecule has 0 aliphatic carbocycles. The van der Waals surface area contributed by atoms with Crippen LogP contribution < -0.4 is 10.9 Å². The third-order valence-electron chi connectivity index (χ3n) is 3.33. The number of hydrazine groups is 1. The highest BCUT2D eigenvalue weighted by atomic mass is 16.4. The predicted molar refractivity (Wildman–Crippen MR) is 81.9 cm³/mol. The Morgan fingerprint density at radius 3 is 2.36 bits per heavy atom. The smallest absolute Gasteiger partial charge is 0.306 e. The van der Waals surface area contributed by atoms with E-state index in [9.17, 15) is 14.4 Å². The van der Waals surface area contributed by atoms with Gasteiger partial charge in [0.1, 0.15) is 0 Å². The molecule has 0 aliphatic heterocycles. The van der Waals surface area contributed by atoms with Gasteiger partial charge in [-0.3, -0.25) is 25.2 Å². The van der Waals surface area contributed by atoms with Crippen molar-refractivity contribution in [3.8, 4) is 0 Å². The molecule has 1 aromatic rings. The Bertz CT molecular complexity index is 502. The lowest BCUT2D eigenvalue weighted by Gasteiger charge is -2.12. The lowest BCUT2D eigenvalue weighted by Crippen LogP contribution is -2.41. The summed E-state index contributed by atoms with van der Waals surface area (Å²) in [5, 5.41) is 9.08. The molecule has 6 nitrogen and oxygen atoms in total. The van der Waals surface area contributed by atoms with Gasteiger partial charge in [0.2, 0.25) is 5.91 Å². The van der Waals surface area contributed by atoms with Crippen LogP contribution in [0.2, 0.25) is 0 Å². The molecule has 1 atom stereocenters. The number of rotatable bonds is 8. The Hall–Kier alpha value is -2.37. The van der Waals surface area contributed by atoms with Gasteiger partial charge in [-0.2, -0.15) is 0 Å². The van der Waals surface area contributed by atoms with E-state index in [0.717, 1.165) is 12.8 Å². The van der Waals surface area contributed by atoms with E-state index < -0.39 is 23.7 Å². The molecule has 1 aromatic carbocycles. The highest BCUT2D eigenvalue weighted by molar-refractivity contribution is 5.95. The van der Waals surface area contributed by atoms with Crippen molar-refractivity contribution < 1.29 is 19.5 Å². The molecule has 0 fully saturated rings. The Morgan fingerprint density at radius 2 is 1.77 bits per heavy atom. The van der Waals surface area contributed by atoms with E-state index in [1.807, 2.05) is 6.92 Å². The fraction of sp³-hybridized carbons (Fsp3) is 0.438. The van der Waals surface area contributed by atoms with Gasteiger partial charge in [-0.1, -0.05) is 38.0 Å². The number of hydrogen-bond acceptors (Lipinski definition) is 3. The molecule has 0 saturated carbocycles. The zero-order chi connectivity index (χ0) is 16.4. The summed E-state index contributed by atoms with van der Waals surface area (Å²) >= 11 is 0. The zero-order valence-electron chi connectivity index (χ0n) is 12.7. The highest BCUT2D eigenvalue weighted by Crippen LogP contribution is 2.15.